The molecule has 1 aromatic heterocycles. The number of fused-ring (bicyclic) bond motifs is 1. The Labute approximate surface area is 113 Å². The predicted molar refractivity (Wildman–Crippen MR) is 77.3 cm³/mol. The molecule has 0 spiro atoms. The first-order valence-corrected chi connectivity index (χ1v) is 6.48. The van der Waals surface area contributed by atoms with E-state index < -0.39 is 0 Å². The van der Waals surface area contributed by atoms with Gasteiger partial charge in [0.15, 0.2) is 0 Å². The van der Waals surface area contributed by atoms with Gasteiger partial charge in [-0.3, -0.25) is 4.98 Å². The lowest BCUT2D eigenvalue weighted by Gasteiger charge is -2.16. The van der Waals surface area contributed by atoms with Gasteiger partial charge in [0.05, 0.1) is 18.0 Å². The average Bonchev–Trinajstić information content (AvgIpc) is 2.69. The Balaban J connectivity index is 2.16. The molecule has 1 aromatic carbocycles. The number of benzene rings is 1. The molecule has 19 heavy (non-hydrogen) atoms. The van der Waals surface area contributed by atoms with Crippen molar-refractivity contribution in [2.45, 2.75) is 26.2 Å². The van der Waals surface area contributed by atoms with Crippen molar-refractivity contribution in [2.24, 2.45) is 0 Å². The molecular formula is C16H18N2O. The van der Waals surface area contributed by atoms with Crippen LogP contribution in [0.15, 0.2) is 30.5 Å². The molecule has 0 fully saturated rings. The van der Waals surface area contributed by atoms with Gasteiger partial charge in [-0.2, -0.15) is 0 Å². The predicted octanol–water partition coefficient (Wildman–Crippen LogP) is 3.31. The first kappa shape index (κ1) is 12.0. The van der Waals surface area contributed by atoms with Crippen LogP contribution < -0.4 is 10.5 Å². The van der Waals surface area contributed by atoms with Crippen LogP contribution in [0.3, 0.4) is 0 Å². The molecule has 2 N–H and O–H groups in total. The maximum Gasteiger partial charge on any atom is 0.123 e. The molecule has 1 aliphatic rings. The second-order valence-electron chi connectivity index (χ2n) is 5.77. The van der Waals surface area contributed by atoms with Crippen molar-refractivity contribution in [1.29, 1.82) is 0 Å². The topological polar surface area (TPSA) is 48.1 Å². The molecule has 0 aliphatic carbocycles. The summed E-state index contributed by atoms with van der Waals surface area (Å²) in [6.45, 7) is 7.11. The van der Waals surface area contributed by atoms with Gasteiger partial charge in [0, 0.05) is 22.7 Å². The van der Waals surface area contributed by atoms with Crippen LogP contribution in [0.25, 0.3) is 11.3 Å². The van der Waals surface area contributed by atoms with Crippen molar-refractivity contribution >= 4 is 5.69 Å². The summed E-state index contributed by atoms with van der Waals surface area (Å²) in [7, 11) is 0. The Morgan fingerprint density at radius 3 is 2.84 bits per heavy atom. The van der Waals surface area contributed by atoms with Gasteiger partial charge in [-0.05, 0) is 36.8 Å². The molecule has 3 heteroatoms. The SMILES string of the molecule is Cc1ccnc(-c2ccc3c(c2)C(C)(C)CO3)c1N. The van der Waals surface area contributed by atoms with Crippen LogP contribution >= 0.6 is 0 Å². The highest BCUT2D eigenvalue weighted by Crippen LogP contribution is 2.41. The van der Waals surface area contributed by atoms with Gasteiger partial charge >= 0.3 is 0 Å². The highest BCUT2D eigenvalue weighted by molar-refractivity contribution is 5.76. The molecule has 98 valence electrons. The first-order chi connectivity index (χ1) is 8.99. The zero-order chi connectivity index (χ0) is 13.6. The molecule has 3 nitrogen and oxygen atoms in total. The summed E-state index contributed by atoms with van der Waals surface area (Å²) in [5.74, 6) is 0.972. The number of hydrogen-bond acceptors (Lipinski definition) is 3. The number of pyridine rings is 1. The smallest absolute Gasteiger partial charge is 0.123 e. The third-order valence-electron chi connectivity index (χ3n) is 3.78. The molecule has 0 atom stereocenters. The fourth-order valence-corrected chi connectivity index (χ4v) is 2.47. The molecule has 2 aromatic rings. The van der Waals surface area contributed by atoms with Crippen LogP contribution in [0, 0.1) is 6.92 Å². The van der Waals surface area contributed by atoms with E-state index in [0.29, 0.717) is 0 Å². The highest BCUT2D eigenvalue weighted by atomic mass is 16.5. The van der Waals surface area contributed by atoms with Gasteiger partial charge in [-0.15, -0.1) is 0 Å². The van der Waals surface area contributed by atoms with Crippen molar-refractivity contribution in [3.63, 3.8) is 0 Å². The van der Waals surface area contributed by atoms with E-state index in [4.69, 9.17) is 10.5 Å². The summed E-state index contributed by atoms with van der Waals surface area (Å²) in [4.78, 5) is 4.42. The van der Waals surface area contributed by atoms with E-state index in [1.165, 1.54) is 5.56 Å². The lowest BCUT2D eigenvalue weighted by Crippen LogP contribution is -2.18. The number of ether oxygens (including phenoxy) is 1. The second-order valence-corrected chi connectivity index (χ2v) is 5.77. The van der Waals surface area contributed by atoms with E-state index in [0.717, 1.165) is 34.9 Å². The van der Waals surface area contributed by atoms with Crippen molar-refractivity contribution in [3.05, 3.63) is 41.6 Å². The fraction of sp³-hybridized carbons (Fsp3) is 0.312. The lowest BCUT2D eigenvalue weighted by atomic mass is 9.85. The maximum absolute atomic E-state index is 6.13. The molecule has 0 amide bonds. The van der Waals surface area contributed by atoms with Gasteiger partial charge in [0.2, 0.25) is 0 Å². The number of nitrogens with zero attached hydrogens (tertiary/aromatic N) is 1. The Morgan fingerprint density at radius 2 is 2.05 bits per heavy atom. The Hall–Kier alpha value is -2.03. The third kappa shape index (κ3) is 1.86. The number of nitrogens with two attached hydrogens (primary N) is 1. The molecule has 2 heterocycles. The van der Waals surface area contributed by atoms with E-state index in [1.54, 1.807) is 6.20 Å². The quantitative estimate of drug-likeness (QED) is 0.849. The van der Waals surface area contributed by atoms with Crippen LogP contribution in [0.4, 0.5) is 5.69 Å². The van der Waals surface area contributed by atoms with Crippen molar-refractivity contribution in [1.82, 2.24) is 4.98 Å². The summed E-state index contributed by atoms with van der Waals surface area (Å²) in [5, 5.41) is 0. The lowest BCUT2D eigenvalue weighted by molar-refractivity contribution is 0.291. The van der Waals surface area contributed by atoms with Crippen LogP contribution in [0.5, 0.6) is 5.75 Å². The van der Waals surface area contributed by atoms with Gasteiger partial charge in [-0.1, -0.05) is 13.8 Å². The summed E-state index contributed by atoms with van der Waals surface area (Å²) in [6, 6.07) is 8.13. The molecule has 0 unspecified atom stereocenters. The molecule has 1 aliphatic heterocycles. The van der Waals surface area contributed by atoms with Crippen LogP contribution in [-0.2, 0) is 5.41 Å². The molecule has 0 radical (unpaired) electrons. The number of nitrogen functional groups attached to an aromatic ring is 1. The number of hydrogen-bond donors (Lipinski definition) is 1. The molecule has 0 saturated heterocycles. The minimum Gasteiger partial charge on any atom is -0.492 e. The molecule has 0 bridgehead atoms. The van der Waals surface area contributed by atoms with Gasteiger partial charge < -0.3 is 10.5 Å². The van der Waals surface area contributed by atoms with E-state index >= 15 is 0 Å². The van der Waals surface area contributed by atoms with Gasteiger partial charge in [0.25, 0.3) is 0 Å². The second kappa shape index (κ2) is 3.98. The fourth-order valence-electron chi connectivity index (χ4n) is 2.47. The standard InChI is InChI=1S/C16H18N2O/c1-10-6-7-18-15(14(10)17)11-4-5-13-12(8-11)16(2,3)9-19-13/h4-8H,9,17H2,1-3H3. The number of anilines is 1. The average molecular weight is 254 g/mol. The normalized spacial score (nSPS) is 15.9. The molecule has 3 rings (SSSR count). The third-order valence-corrected chi connectivity index (χ3v) is 3.78. The largest absolute Gasteiger partial charge is 0.492 e. The number of rotatable bonds is 1. The zero-order valence-electron chi connectivity index (χ0n) is 11.5. The number of aryl methyl sites for hydroxylation is 1. The van der Waals surface area contributed by atoms with Crippen LogP contribution in [0.1, 0.15) is 25.0 Å². The monoisotopic (exact) mass is 254 g/mol. The minimum atomic E-state index is 0.0456. The Morgan fingerprint density at radius 1 is 1.26 bits per heavy atom. The van der Waals surface area contributed by atoms with E-state index in [1.807, 2.05) is 25.1 Å². The van der Waals surface area contributed by atoms with E-state index in [9.17, 15) is 0 Å². The first-order valence-electron chi connectivity index (χ1n) is 6.48. The Bertz CT molecular complexity index is 647. The van der Waals surface area contributed by atoms with Crippen LogP contribution in [-0.4, -0.2) is 11.6 Å². The summed E-state index contributed by atoms with van der Waals surface area (Å²) in [6.07, 6.45) is 1.80. The van der Waals surface area contributed by atoms with Crippen molar-refractivity contribution < 1.29 is 4.74 Å². The van der Waals surface area contributed by atoms with Crippen molar-refractivity contribution in [2.75, 3.05) is 12.3 Å². The zero-order valence-corrected chi connectivity index (χ0v) is 11.5. The van der Waals surface area contributed by atoms with Gasteiger partial charge in [-0.25, -0.2) is 0 Å². The molecule has 0 saturated carbocycles. The van der Waals surface area contributed by atoms with E-state index in [2.05, 4.69) is 24.9 Å². The summed E-state index contributed by atoms with van der Waals surface area (Å²) < 4.78 is 5.71. The minimum absolute atomic E-state index is 0.0456. The van der Waals surface area contributed by atoms with E-state index in [-0.39, 0.29) is 5.41 Å². The highest BCUT2D eigenvalue weighted by Gasteiger charge is 2.32. The molecular weight excluding hydrogens is 236 g/mol. The van der Waals surface area contributed by atoms with Crippen LogP contribution in [0.2, 0.25) is 0 Å². The summed E-state index contributed by atoms with van der Waals surface area (Å²) >= 11 is 0. The number of aromatic nitrogens is 1. The van der Waals surface area contributed by atoms with Gasteiger partial charge in [0.1, 0.15) is 5.75 Å². The summed E-state index contributed by atoms with van der Waals surface area (Å²) in [5.41, 5.74) is 11.1. The van der Waals surface area contributed by atoms with Crippen molar-refractivity contribution in [3.8, 4) is 17.0 Å². The Kier molecular flexibility index (Phi) is 2.52. The maximum atomic E-state index is 6.13.